The normalized spacial score (nSPS) is 16.9. The van der Waals surface area contributed by atoms with Crippen LogP contribution in [0.5, 0.6) is 0 Å². The van der Waals surface area contributed by atoms with Gasteiger partial charge in [-0.25, -0.2) is 4.39 Å². The van der Waals surface area contributed by atoms with E-state index < -0.39 is 5.82 Å². The van der Waals surface area contributed by atoms with Gasteiger partial charge in [-0.2, -0.15) is 0 Å². The minimum atomic E-state index is -0.491. The zero-order valence-corrected chi connectivity index (χ0v) is 13.8. The number of carbonyl (C=O) groups is 1. The Kier molecular flexibility index (Phi) is 6.14. The molecule has 1 amide bonds. The second-order valence-corrected chi connectivity index (χ2v) is 6.29. The Morgan fingerprint density at radius 3 is 2.76 bits per heavy atom. The molecular weight excluding hydrogens is 337 g/mol. The highest BCUT2D eigenvalue weighted by Gasteiger charge is 2.14. The fourth-order valence-electron chi connectivity index (χ4n) is 2.34. The first-order chi connectivity index (χ1) is 10.1. The first-order valence-electron chi connectivity index (χ1n) is 7.20. The van der Waals surface area contributed by atoms with E-state index in [0.29, 0.717) is 11.0 Å². The van der Waals surface area contributed by atoms with Crippen molar-refractivity contribution in [2.24, 2.45) is 0 Å². The van der Waals surface area contributed by atoms with Gasteiger partial charge in [0.1, 0.15) is 5.82 Å². The van der Waals surface area contributed by atoms with Crippen LogP contribution in [0.25, 0.3) is 0 Å². The molecule has 1 aliphatic heterocycles. The number of nitrogens with zero attached hydrogens (tertiary/aromatic N) is 2. The van der Waals surface area contributed by atoms with Crippen molar-refractivity contribution in [2.45, 2.75) is 6.42 Å². The van der Waals surface area contributed by atoms with Gasteiger partial charge in [-0.05, 0) is 38.2 Å². The molecule has 0 aromatic heterocycles. The second kappa shape index (κ2) is 7.87. The van der Waals surface area contributed by atoms with E-state index in [1.807, 2.05) is 0 Å². The Balaban J connectivity index is 1.71. The number of benzene rings is 1. The maximum atomic E-state index is 13.6. The molecule has 2 rings (SSSR count). The summed E-state index contributed by atoms with van der Waals surface area (Å²) in [7, 11) is 2.13. The molecule has 0 aliphatic carbocycles. The minimum absolute atomic E-state index is 0.0870. The average Bonchev–Trinajstić information content (AvgIpc) is 2.47. The van der Waals surface area contributed by atoms with Crippen LogP contribution in [0.3, 0.4) is 0 Å². The molecule has 1 fully saturated rings. The van der Waals surface area contributed by atoms with Crippen molar-refractivity contribution >= 4 is 21.8 Å². The SMILES string of the molecule is CN1CCN(CCCNC(=O)c2cc(Br)ccc2F)CC1. The van der Waals surface area contributed by atoms with Gasteiger partial charge in [0, 0.05) is 37.2 Å². The summed E-state index contributed by atoms with van der Waals surface area (Å²) in [6, 6.07) is 4.38. The summed E-state index contributed by atoms with van der Waals surface area (Å²) in [4.78, 5) is 16.6. The highest BCUT2D eigenvalue weighted by Crippen LogP contribution is 2.15. The third kappa shape index (κ3) is 5.05. The molecule has 0 bridgehead atoms. The topological polar surface area (TPSA) is 35.6 Å². The molecule has 0 saturated carbocycles. The Morgan fingerprint density at radius 2 is 2.05 bits per heavy atom. The highest BCUT2D eigenvalue weighted by atomic mass is 79.9. The first-order valence-corrected chi connectivity index (χ1v) is 8.00. The van der Waals surface area contributed by atoms with Gasteiger partial charge in [-0.15, -0.1) is 0 Å². The molecule has 116 valence electrons. The van der Waals surface area contributed by atoms with Crippen molar-refractivity contribution in [1.82, 2.24) is 15.1 Å². The second-order valence-electron chi connectivity index (χ2n) is 5.38. The maximum absolute atomic E-state index is 13.6. The van der Waals surface area contributed by atoms with Crippen LogP contribution in [0.1, 0.15) is 16.8 Å². The van der Waals surface area contributed by atoms with E-state index in [2.05, 4.69) is 38.1 Å². The first kappa shape index (κ1) is 16.4. The van der Waals surface area contributed by atoms with E-state index >= 15 is 0 Å². The number of hydrogen-bond donors (Lipinski definition) is 1. The highest BCUT2D eigenvalue weighted by molar-refractivity contribution is 9.10. The molecule has 1 aromatic rings. The quantitative estimate of drug-likeness (QED) is 0.818. The molecule has 0 atom stereocenters. The third-order valence-electron chi connectivity index (χ3n) is 3.71. The van der Waals surface area contributed by atoms with Crippen molar-refractivity contribution in [3.05, 3.63) is 34.1 Å². The standard InChI is InChI=1S/C15H21BrFN3O/c1-19-7-9-20(10-8-19)6-2-5-18-15(21)13-11-12(16)3-4-14(13)17/h3-4,11H,2,5-10H2,1H3,(H,18,21). The molecule has 4 nitrogen and oxygen atoms in total. The van der Waals surface area contributed by atoms with Gasteiger partial charge in [0.05, 0.1) is 5.56 Å². The van der Waals surface area contributed by atoms with E-state index in [1.54, 1.807) is 6.07 Å². The monoisotopic (exact) mass is 357 g/mol. The van der Waals surface area contributed by atoms with Gasteiger partial charge in [-0.1, -0.05) is 15.9 Å². The molecule has 0 spiro atoms. The zero-order valence-electron chi connectivity index (χ0n) is 12.2. The van der Waals surface area contributed by atoms with Gasteiger partial charge in [0.15, 0.2) is 0 Å². The number of amides is 1. The summed E-state index contributed by atoms with van der Waals surface area (Å²) in [5, 5.41) is 2.78. The number of nitrogens with one attached hydrogen (secondary N) is 1. The summed E-state index contributed by atoms with van der Waals surface area (Å²) in [6.45, 7) is 5.87. The van der Waals surface area contributed by atoms with Crippen molar-refractivity contribution in [3.63, 3.8) is 0 Å². The number of piperazine rings is 1. The van der Waals surface area contributed by atoms with E-state index in [0.717, 1.165) is 39.1 Å². The van der Waals surface area contributed by atoms with E-state index in [-0.39, 0.29) is 11.5 Å². The van der Waals surface area contributed by atoms with Crippen molar-refractivity contribution in [1.29, 1.82) is 0 Å². The predicted octanol–water partition coefficient (Wildman–Crippen LogP) is 1.96. The van der Waals surface area contributed by atoms with Gasteiger partial charge in [0.25, 0.3) is 5.91 Å². The minimum Gasteiger partial charge on any atom is -0.352 e. The van der Waals surface area contributed by atoms with E-state index in [4.69, 9.17) is 0 Å². The lowest BCUT2D eigenvalue weighted by Gasteiger charge is -2.32. The van der Waals surface area contributed by atoms with Gasteiger partial charge in [-0.3, -0.25) is 4.79 Å². The van der Waals surface area contributed by atoms with Gasteiger partial charge >= 0.3 is 0 Å². The molecule has 1 aliphatic rings. The van der Waals surface area contributed by atoms with Crippen molar-refractivity contribution < 1.29 is 9.18 Å². The lowest BCUT2D eigenvalue weighted by molar-refractivity contribution is 0.0945. The molecule has 6 heteroatoms. The maximum Gasteiger partial charge on any atom is 0.254 e. The number of likely N-dealkylation sites (N-methyl/N-ethyl adjacent to an activating group) is 1. The molecule has 1 heterocycles. The van der Waals surface area contributed by atoms with Gasteiger partial charge in [0.2, 0.25) is 0 Å². The average molecular weight is 358 g/mol. The summed E-state index contributed by atoms with van der Waals surface area (Å²) >= 11 is 3.25. The Bertz CT molecular complexity index is 490. The summed E-state index contributed by atoms with van der Waals surface area (Å²) in [6.07, 6.45) is 0.880. The third-order valence-corrected chi connectivity index (χ3v) is 4.20. The largest absolute Gasteiger partial charge is 0.352 e. The molecule has 1 aromatic carbocycles. The molecule has 1 N–H and O–H groups in total. The zero-order chi connectivity index (χ0) is 15.2. The predicted molar refractivity (Wildman–Crippen MR) is 85.0 cm³/mol. The van der Waals surface area contributed by atoms with Crippen LogP contribution in [0.4, 0.5) is 4.39 Å². The Hall–Kier alpha value is -0.980. The van der Waals surface area contributed by atoms with Crippen LogP contribution in [0.2, 0.25) is 0 Å². The molecular formula is C15H21BrFN3O. The summed E-state index contributed by atoms with van der Waals surface area (Å²) in [5.74, 6) is -0.845. The molecule has 1 saturated heterocycles. The molecule has 0 radical (unpaired) electrons. The Labute approximate surface area is 133 Å². The smallest absolute Gasteiger partial charge is 0.254 e. The van der Waals surface area contributed by atoms with Crippen molar-refractivity contribution in [3.8, 4) is 0 Å². The van der Waals surface area contributed by atoms with E-state index in [9.17, 15) is 9.18 Å². The lowest BCUT2D eigenvalue weighted by atomic mass is 10.2. The van der Waals surface area contributed by atoms with Crippen LogP contribution in [-0.4, -0.2) is 62.0 Å². The van der Waals surface area contributed by atoms with Crippen LogP contribution < -0.4 is 5.32 Å². The lowest BCUT2D eigenvalue weighted by Crippen LogP contribution is -2.45. The van der Waals surface area contributed by atoms with Crippen molar-refractivity contribution in [2.75, 3.05) is 46.3 Å². The van der Waals surface area contributed by atoms with Crippen LogP contribution in [0, 0.1) is 5.82 Å². The molecule has 21 heavy (non-hydrogen) atoms. The van der Waals surface area contributed by atoms with Gasteiger partial charge < -0.3 is 15.1 Å². The fraction of sp³-hybridized carbons (Fsp3) is 0.533. The molecule has 0 unspecified atom stereocenters. The van der Waals surface area contributed by atoms with E-state index in [1.165, 1.54) is 12.1 Å². The number of carbonyl (C=O) groups excluding carboxylic acids is 1. The summed E-state index contributed by atoms with van der Waals surface area (Å²) < 4.78 is 14.3. The number of halogens is 2. The Morgan fingerprint density at radius 1 is 1.33 bits per heavy atom. The van der Waals surface area contributed by atoms with Crippen LogP contribution in [-0.2, 0) is 0 Å². The number of hydrogen-bond acceptors (Lipinski definition) is 3. The van der Waals surface area contributed by atoms with Crippen LogP contribution >= 0.6 is 15.9 Å². The van der Waals surface area contributed by atoms with Crippen LogP contribution in [0.15, 0.2) is 22.7 Å². The summed E-state index contributed by atoms with van der Waals surface area (Å²) in [5.41, 5.74) is 0.0870. The fourth-order valence-corrected chi connectivity index (χ4v) is 2.70. The number of rotatable bonds is 5.